The quantitative estimate of drug-likeness (QED) is 0.776. The Kier molecular flexibility index (Phi) is 3.68. The van der Waals surface area contributed by atoms with Gasteiger partial charge in [0.2, 0.25) is 0 Å². The molecule has 24 heavy (non-hydrogen) atoms. The number of imidazole rings is 1. The zero-order valence-corrected chi connectivity index (χ0v) is 13.9. The zero-order valence-electron chi connectivity index (χ0n) is 13.9. The second kappa shape index (κ2) is 5.86. The van der Waals surface area contributed by atoms with Crippen molar-refractivity contribution in [3.63, 3.8) is 0 Å². The van der Waals surface area contributed by atoms with Crippen LogP contribution in [0.2, 0.25) is 0 Å². The van der Waals surface area contributed by atoms with Crippen molar-refractivity contribution < 1.29 is 5.11 Å². The van der Waals surface area contributed by atoms with Gasteiger partial charge in [0.25, 0.3) is 0 Å². The molecule has 0 amide bonds. The second-order valence-electron chi connectivity index (χ2n) is 6.36. The number of nitrogens with zero attached hydrogens (tertiary/aromatic N) is 7. The normalized spacial score (nSPS) is 17.5. The van der Waals surface area contributed by atoms with Crippen molar-refractivity contribution in [3.05, 3.63) is 36.2 Å². The number of hydrogen-bond acceptors (Lipinski definition) is 6. The summed E-state index contributed by atoms with van der Waals surface area (Å²) in [5, 5.41) is 19.4. The fourth-order valence-electron chi connectivity index (χ4n) is 3.36. The maximum Gasteiger partial charge on any atom is 0.176 e. The summed E-state index contributed by atoms with van der Waals surface area (Å²) in [6.45, 7) is 3.58. The average Bonchev–Trinajstić information content (AvgIpc) is 3.18. The molecule has 0 bridgehead atoms. The molecule has 0 radical (unpaired) electrons. The van der Waals surface area contributed by atoms with Gasteiger partial charge in [0, 0.05) is 32.5 Å². The van der Waals surface area contributed by atoms with Crippen molar-refractivity contribution in [1.82, 2.24) is 29.4 Å². The average molecular weight is 327 g/mol. The van der Waals surface area contributed by atoms with E-state index >= 15 is 0 Å². The van der Waals surface area contributed by atoms with Crippen molar-refractivity contribution in [3.8, 4) is 0 Å². The lowest BCUT2D eigenvalue weighted by Gasteiger charge is -2.34. The molecule has 8 nitrogen and oxygen atoms in total. The maximum absolute atomic E-state index is 10.6. The molecule has 0 aromatic carbocycles. The van der Waals surface area contributed by atoms with Crippen molar-refractivity contribution in [2.45, 2.75) is 25.9 Å². The van der Waals surface area contributed by atoms with Crippen molar-refractivity contribution in [1.29, 1.82) is 0 Å². The van der Waals surface area contributed by atoms with E-state index in [1.807, 2.05) is 36.9 Å². The van der Waals surface area contributed by atoms with Crippen LogP contribution >= 0.6 is 0 Å². The van der Waals surface area contributed by atoms with E-state index in [0.29, 0.717) is 0 Å². The van der Waals surface area contributed by atoms with Crippen LogP contribution < -0.4 is 4.90 Å². The summed E-state index contributed by atoms with van der Waals surface area (Å²) in [7, 11) is 1.92. The summed E-state index contributed by atoms with van der Waals surface area (Å²) in [5.41, 5.74) is 0.761. The first-order valence-corrected chi connectivity index (χ1v) is 8.23. The third kappa shape index (κ3) is 2.62. The topological polar surface area (TPSA) is 84.4 Å². The van der Waals surface area contributed by atoms with Crippen LogP contribution in [0.1, 0.15) is 30.6 Å². The van der Waals surface area contributed by atoms with Gasteiger partial charge in [-0.3, -0.25) is 0 Å². The summed E-state index contributed by atoms with van der Waals surface area (Å²) in [6, 6.07) is 3.93. The van der Waals surface area contributed by atoms with Crippen molar-refractivity contribution >= 4 is 11.5 Å². The summed E-state index contributed by atoms with van der Waals surface area (Å²) < 4.78 is 3.47. The molecule has 4 heterocycles. The third-order valence-corrected chi connectivity index (χ3v) is 4.73. The van der Waals surface area contributed by atoms with Gasteiger partial charge in [-0.2, -0.15) is 0 Å². The number of aryl methyl sites for hydroxylation is 2. The van der Waals surface area contributed by atoms with Gasteiger partial charge in [-0.1, -0.05) is 0 Å². The summed E-state index contributed by atoms with van der Waals surface area (Å²) >= 11 is 0. The molecule has 0 aliphatic carbocycles. The molecule has 1 aliphatic rings. The molecule has 3 aromatic rings. The minimum atomic E-state index is -0.513. The number of aromatic nitrogens is 6. The molecule has 1 fully saturated rings. The van der Waals surface area contributed by atoms with E-state index in [4.69, 9.17) is 0 Å². The minimum absolute atomic E-state index is 0.222. The van der Waals surface area contributed by atoms with Gasteiger partial charge in [0.15, 0.2) is 11.5 Å². The van der Waals surface area contributed by atoms with E-state index < -0.39 is 6.10 Å². The number of fused-ring (bicyclic) bond motifs is 1. The number of aliphatic hydroxyl groups is 1. The third-order valence-electron chi connectivity index (χ3n) is 4.73. The minimum Gasteiger partial charge on any atom is -0.385 e. The van der Waals surface area contributed by atoms with E-state index in [9.17, 15) is 5.11 Å². The van der Waals surface area contributed by atoms with E-state index in [2.05, 4.69) is 25.1 Å². The van der Waals surface area contributed by atoms with Gasteiger partial charge in [0.05, 0.1) is 0 Å². The summed E-state index contributed by atoms with van der Waals surface area (Å²) in [6.07, 6.45) is 4.90. The Balaban J connectivity index is 1.46. The molecule has 3 aromatic heterocycles. The Bertz CT molecular complexity index is 847. The Morgan fingerprint density at radius 3 is 2.71 bits per heavy atom. The number of piperidine rings is 1. The van der Waals surface area contributed by atoms with Gasteiger partial charge in [-0.25, -0.2) is 9.97 Å². The Morgan fingerprint density at radius 1 is 1.21 bits per heavy atom. The fraction of sp³-hybridized carbons (Fsp3) is 0.500. The molecular formula is C16H21N7O. The molecular weight excluding hydrogens is 306 g/mol. The molecule has 1 N–H and O–H groups in total. The lowest BCUT2D eigenvalue weighted by atomic mass is 9.90. The van der Waals surface area contributed by atoms with Crippen LogP contribution in [0.5, 0.6) is 0 Å². The van der Waals surface area contributed by atoms with Gasteiger partial charge >= 0.3 is 0 Å². The Hall–Kier alpha value is -2.48. The van der Waals surface area contributed by atoms with E-state index in [0.717, 1.165) is 49.0 Å². The van der Waals surface area contributed by atoms with E-state index in [-0.39, 0.29) is 5.92 Å². The highest BCUT2D eigenvalue weighted by Gasteiger charge is 2.29. The highest BCUT2D eigenvalue weighted by atomic mass is 16.3. The number of aliphatic hydroxyl groups excluding tert-OH is 1. The molecule has 126 valence electrons. The molecule has 0 spiro atoms. The molecule has 8 heteroatoms. The second-order valence-corrected chi connectivity index (χ2v) is 6.36. The SMILES string of the molecule is Cc1nc2ccc(N3CCC(C(O)c4nccn4C)CC3)nn2n1. The fourth-order valence-corrected chi connectivity index (χ4v) is 3.36. The first-order valence-electron chi connectivity index (χ1n) is 8.23. The van der Waals surface area contributed by atoms with Crippen LogP contribution in [0, 0.1) is 12.8 Å². The van der Waals surface area contributed by atoms with Crippen LogP contribution in [-0.4, -0.2) is 47.6 Å². The summed E-state index contributed by atoms with van der Waals surface area (Å²) in [5.74, 6) is 2.58. The van der Waals surface area contributed by atoms with Gasteiger partial charge in [-0.15, -0.1) is 14.8 Å². The monoisotopic (exact) mass is 327 g/mol. The summed E-state index contributed by atoms with van der Waals surface area (Å²) in [4.78, 5) is 10.8. The van der Waals surface area contributed by atoms with Gasteiger partial charge in [-0.05, 0) is 37.8 Å². The maximum atomic E-state index is 10.6. The zero-order chi connectivity index (χ0) is 16.7. The number of hydrogen-bond donors (Lipinski definition) is 1. The lowest BCUT2D eigenvalue weighted by Crippen LogP contribution is -2.36. The molecule has 1 atom stereocenters. The van der Waals surface area contributed by atoms with Gasteiger partial charge in [0.1, 0.15) is 17.8 Å². The van der Waals surface area contributed by atoms with Gasteiger partial charge < -0.3 is 14.6 Å². The molecule has 4 rings (SSSR count). The molecule has 1 saturated heterocycles. The van der Waals surface area contributed by atoms with Crippen LogP contribution in [0.4, 0.5) is 5.82 Å². The first kappa shape index (κ1) is 15.1. The standard InChI is InChI=1S/C16H21N7O/c1-11-18-13-3-4-14(20-23(13)19-11)22-8-5-12(6-9-22)15(24)16-17-7-10-21(16)2/h3-4,7,10,12,15,24H,5-6,8-9H2,1-2H3. The lowest BCUT2D eigenvalue weighted by molar-refractivity contribution is 0.0824. The van der Waals surface area contributed by atoms with Crippen LogP contribution in [-0.2, 0) is 7.05 Å². The smallest absolute Gasteiger partial charge is 0.176 e. The van der Waals surface area contributed by atoms with Crippen LogP contribution in [0.15, 0.2) is 24.5 Å². The first-order chi connectivity index (χ1) is 11.6. The predicted octanol–water partition coefficient (Wildman–Crippen LogP) is 1.12. The highest BCUT2D eigenvalue weighted by molar-refractivity contribution is 5.45. The number of rotatable bonds is 3. The van der Waals surface area contributed by atoms with Crippen LogP contribution in [0.3, 0.4) is 0 Å². The van der Waals surface area contributed by atoms with Crippen LogP contribution in [0.25, 0.3) is 5.65 Å². The largest absolute Gasteiger partial charge is 0.385 e. The highest BCUT2D eigenvalue weighted by Crippen LogP contribution is 2.31. The van der Waals surface area contributed by atoms with E-state index in [1.165, 1.54) is 0 Å². The Morgan fingerprint density at radius 2 is 2.00 bits per heavy atom. The van der Waals surface area contributed by atoms with Crippen molar-refractivity contribution in [2.75, 3.05) is 18.0 Å². The molecule has 0 saturated carbocycles. The molecule has 1 aliphatic heterocycles. The van der Waals surface area contributed by atoms with Crippen molar-refractivity contribution in [2.24, 2.45) is 13.0 Å². The predicted molar refractivity (Wildman–Crippen MR) is 88.6 cm³/mol. The Labute approximate surface area is 139 Å². The number of anilines is 1. The molecule has 1 unspecified atom stereocenters. The van der Waals surface area contributed by atoms with E-state index in [1.54, 1.807) is 10.8 Å².